The number of hydrogen-bond acceptors (Lipinski definition) is 5. The topological polar surface area (TPSA) is 99.5 Å². The third-order valence-electron chi connectivity index (χ3n) is 2.30. The second-order valence-corrected chi connectivity index (χ2v) is 5.54. The maximum Gasteiger partial charge on any atom is 0.337 e. The lowest BCUT2D eigenvalue weighted by Gasteiger charge is -2.17. The highest BCUT2D eigenvalue weighted by Crippen LogP contribution is 2.20. The molecule has 7 heteroatoms. The molecule has 1 unspecified atom stereocenters. The van der Waals surface area contributed by atoms with Crippen LogP contribution in [0.1, 0.15) is 41.4 Å². The lowest BCUT2D eigenvalue weighted by Crippen LogP contribution is -2.46. The van der Waals surface area contributed by atoms with Crippen LogP contribution in [-0.4, -0.2) is 39.2 Å². The van der Waals surface area contributed by atoms with E-state index in [4.69, 9.17) is 5.11 Å². The van der Waals surface area contributed by atoms with E-state index in [2.05, 4.69) is 10.3 Å². The molecule has 0 aromatic carbocycles. The van der Waals surface area contributed by atoms with Gasteiger partial charge in [0.05, 0.1) is 17.7 Å². The summed E-state index contributed by atoms with van der Waals surface area (Å²) in [6.07, 6.45) is 1.45. The van der Waals surface area contributed by atoms with E-state index < -0.39 is 17.5 Å². The molecule has 0 aliphatic heterocycles. The first-order valence-electron chi connectivity index (χ1n) is 5.43. The van der Waals surface area contributed by atoms with Gasteiger partial charge in [-0.05, 0) is 6.92 Å². The molecule has 1 atom stereocenters. The van der Waals surface area contributed by atoms with Crippen LogP contribution < -0.4 is 5.32 Å². The van der Waals surface area contributed by atoms with Gasteiger partial charge in [-0.25, -0.2) is 9.78 Å². The molecule has 1 amide bonds. The highest BCUT2D eigenvalue weighted by atomic mass is 32.1. The van der Waals surface area contributed by atoms with Crippen molar-refractivity contribution in [2.24, 2.45) is 0 Å². The van der Waals surface area contributed by atoms with Gasteiger partial charge in [-0.1, -0.05) is 13.8 Å². The van der Waals surface area contributed by atoms with Crippen molar-refractivity contribution in [3.8, 4) is 0 Å². The number of thiazole rings is 1. The minimum Gasteiger partial charge on any atom is -0.479 e. The summed E-state index contributed by atoms with van der Waals surface area (Å²) in [6.45, 7) is 4.71. The standard InChI is InChI=1S/C11H16N2O4S/c1-6(2)9-12-4-7(18-9)8(14)13-5-11(3,17)10(15)16/h4,6,17H,5H2,1-3H3,(H,13,14)(H,15,16). The van der Waals surface area contributed by atoms with E-state index in [0.717, 1.165) is 11.9 Å². The fraction of sp³-hybridized carbons (Fsp3) is 0.545. The van der Waals surface area contributed by atoms with Crippen molar-refractivity contribution in [1.29, 1.82) is 0 Å². The molecule has 0 saturated carbocycles. The molecule has 1 heterocycles. The Balaban J connectivity index is 2.63. The number of aliphatic hydroxyl groups is 1. The van der Waals surface area contributed by atoms with Crippen LogP contribution in [0.2, 0.25) is 0 Å². The Kier molecular flexibility index (Phi) is 4.42. The van der Waals surface area contributed by atoms with Crippen LogP contribution in [0.5, 0.6) is 0 Å². The molecule has 0 aliphatic carbocycles. The number of nitrogens with zero attached hydrogens (tertiary/aromatic N) is 1. The van der Waals surface area contributed by atoms with Crippen molar-refractivity contribution in [1.82, 2.24) is 10.3 Å². The van der Waals surface area contributed by atoms with Crippen molar-refractivity contribution in [3.05, 3.63) is 16.1 Å². The van der Waals surface area contributed by atoms with Crippen LogP contribution in [-0.2, 0) is 4.79 Å². The van der Waals surface area contributed by atoms with Crippen LogP contribution in [0.4, 0.5) is 0 Å². The molecule has 0 bridgehead atoms. The van der Waals surface area contributed by atoms with E-state index >= 15 is 0 Å². The number of aromatic nitrogens is 1. The summed E-state index contributed by atoms with van der Waals surface area (Å²) in [7, 11) is 0. The van der Waals surface area contributed by atoms with Crippen molar-refractivity contribution in [3.63, 3.8) is 0 Å². The molecular weight excluding hydrogens is 256 g/mol. The number of carbonyl (C=O) groups excluding carboxylic acids is 1. The highest BCUT2D eigenvalue weighted by Gasteiger charge is 2.30. The maximum absolute atomic E-state index is 11.7. The summed E-state index contributed by atoms with van der Waals surface area (Å²) in [5.74, 6) is -1.57. The molecule has 18 heavy (non-hydrogen) atoms. The van der Waals surface area contributed by atoms with Gasteiger partial charge >= 0.3 is 5.97 Å². The first-order valence-corrected chi connectivity index (χ1v) is 6.25. The van der Waals surface area contributed by atoms with Crippen LogP contribution >= 0.6 is 11.3 Å². The smallest absolute Gasteiger partial charge is 0.337 e. The quantitative estimate of drug-likeness (QED) is 0.737. The maximum atomic E-state index is 11.7. The average molecular weight is 272 g/mol. The molecule has 0 aliphatic rings. The number of carboxylic acids is 1. The minimum atomic E-state index is -1.97. The molecule has 1 aromatic rings. The predicted octanol–water partition coefficient (Wildman–Crippen LogP) is 0.832. The molecule has 100 valence electrons. The summed E-state index contributed by atoms with van der Waals surface area (Å²) in [5, 5.41) is 21.4. The predicted molar refractivity (Wildman–Crippen MR) is 66.8 cm³/mol. The van der Waals surface area contributed by atoms with Crippen molar-refractivity contribution >= 4 is 23.2 Å². The zero-order valence-corrected chi connectivity index (χ0v) is 11.2. The number of rotatable bonds is 5. The van der Waals surface area contributed by atoms with E-state index in [0.29, 0.717) is 4.88 Å². The summed E-state index contributed by atoms with van der Waals surface area (Å²) in [4.78, 5) is 26.9. The molecule has 0 fully saturated rings. The largest absolute Gasteiger partial charge is 0.479 e. The molecule has 3 N–H and O–H groups in total. The van der Waals surface area contributed by atoms with Crippen LogP contribution in [0.3, 0.4) is 0 Å². The third kappa shape index (κ3) is 3.51. The Morgan fingerprint density at radius 3 is 2.61 bits per heavy atom. The van der Waals surface area contributed by atoms with Crippen molar-refractivity contribution in [2.75, 3.05) is 6.54 Å². The first-order chi connectivity index (χ1) is 8.24. The Morgan fingerprint density at radius 2 is 2.17 bits per heavy atom. The second kappa shape index (κ2) is 5.45. The lowest BCUT2D eigenvalue weighted by atomic mass is 10.1. The number of carbonyl (C=O) groups is 2. The normalized spacial score (nSPS) is 14.3. The summed E-state index contributed by atoms with van der Waals surface area (Å²) >= 11 is 1.26. The van der Waals surface area contributed by atoms with Crippen LogP contribution in [0.15, 0.2) is 6.20 Å². The van der Waals surface area contributed by atoms with Gasteiger partial charge in [0.2, 0.25) is 0 Å². The average Bonchev–Trinajstić information content (AvgIpc) is 2.75. The lowest BCUT2D eigenvalue weighted by molar-refractivity contribution is -0.155. The SMILES string of the molecule is CC(C)c1ncc(C(=O)NCC(C)(O)C(=O)O)s1. The van der Waals surface area contributed by atoms with Gasteiger partial charge in [0, 0.05) is 5.92 Å². The number of aliphatic carboxylic acids is 1. The fourth-order valence-corrected chi connectivity index (χ4v) is 1.91. The number of hydrogen-bond donors (Lipinski definition) is 3. The zero-order valence-electron chi connectivity index (χ0n) is 10.4. The van der Waals surface area contributed by atoms with Gasteiger partial charge in [0.25, 0.3) is 5.91 Å². The van der Waals surface area contributed by atoms with Crippen molar-refractivity contribution in [2.45, 2.75) is 32.3 Å². The fourth-order valence-electron chi connectivity index (χ4n) is 1.07. The Labute approximate surface area is 109 Å². The number of carboxylic acid groups (broad SMARTS) is 1. The number of amides is 1. The van der Waals surface area contributed by atoms with Gasteiger partial charge in [-0.2, -0.15) is 0 Å². The molecule has 0 saturated heterocycles. The molecule has 1 rings (SSSR count). The van der Waals surface area contributed by atoms with E-state index in [1.54, 1.807) is 0 Å². The molecular formula is C11H16N2O4S. The summed E-state index contributed by atoms with van der Waals surface area (Å²) < 4.78 is 0. The summed E-state index contributed by atoms with van der Waals surface area (Å²) in [6, 6.07) is 0. The van der Waals surface area contributed by atoms with Crippen LogP contribution in [0.25, 0.3) is 0 Å². The van der Waals surface area contributed by atoms with E-state index in [1.165, 1.54) is 17.5 Å². The zero-order chi connectivity index (χ0) is 13.9. The highest BCUT2D eigenvalue weighted by molar-refractivity contribution is 7.13. The Hall–Kier alpha value is -1.47. The minimum absolute atomic E-state index is 0.235. The molecule has 1 aromatic heterocycles. The molecule has 6 nitrogen and oxygen atoms in total. The number of nitrogens with one attached hydrogen (secondary N) is 1. The second-order valence-electron chi connectivity index (χ2n) is 4.48. The first kappa shape index (κ1) is 14.6. The van der Waals surface area contributed by atoms with Gasteiger partial charge in [0.15, 0.2) is 5.60 Å². The van der Waals surface area contributed by atoms with Gasteiger partial charge in [-0.3, -0.25) is 4.79 Å². The van der Waals surface area contributed by atoms with Gasteiger partial charge in [-0.15, -0.1) is 11.3 Å². The van der Waals surface area contributed by atoms with E-state index in [-0.39, 0.29) is 12.5 Å². The van der Waals surface area contributed by atoms with Gasteiger partial charge in [0.1, 0.15) is 4.88 Å². The van der Waals surface area contributed by atoms with Crippen molar-refractivity contribution < 1.29 is 19.8 Å². The van der Waals surface area contributed by atoms with Gasteiger partial charge < -0.3 is 15.5 Å². The molecule has 0 radical (unpaired) electrons. The third-order valence-corrected chi connectivity index (χ3v) is 3.59. The van der Waals surface area contributed by atoms with E-state index in [1.807, 2.05) is 13.8 Å². The van der Waals surface area contributed by atoms with Crippen LogP contribution in [0, 0.1) is 0 Å². The molecule has 0 spiro atoms. The Morgan fingerprint density at radius 1 is 1.56 bits per heavy atom. The Bertz CT molecular complexity index is 454. The summed E-state index contributed by atoms with van der Waals surface area (Å²) in [5.41, 5.74) is -1.97. The van der Waals surface area contributed by atoms with E-state index in [9.17, 15) is 14.7 Å². The monoisotopic (exact) mass is 272 g/mol.